The number of hydrogen-bond acceptors (Lipinski definition) is 4. The van der Waals surface area contributed by atoms with Crippen molar-refractivity contribution >= 4 is 27.3 Å². The van der Waals surface area contributed by atoms with Crippen LogP contribution < -0.4 is 14.4 Å². The van der Waals surface area contributed by atoms with Crippen LogP contribution in [0.5, 0.6) is 5.75 Å². The van der Waals surface area contributed by atoms with Crippen molar-refractivity contribution in [1.82, 2.24) is 0 Å². The van der Waals surface area contributed by atoms with E-state index in [1.165, 1.54) is 16.4 Å². The highest BCUT2D eigenvalue weighted by Crippen LogP contribution is 2.25. The maximum absolute atomic E-state index is 13.1. The maximum atomic E-state index is 13.1. The van der Waals surface area contributed by atoms with Gasteiger partial charge in [0.2, 0.25) is 0 Å². The minimum Gasteiger partial charge on any atom is -0.493 e. The number of nitrogens with one attached hydrogen (secondary N) is 1. The smallest absolute Gasteiger partial charge is 0.264 e. The molecule has 0 aromatic heterocycles. The van der Waals surface area contributed by atoms with Crippen molar-refractivity contribution in [2.45, 2.75) is 38.0 Å². The van der Waals surface area contributed by atoms with Crippen molar-refractivity contribution in [3.8, 4) is 5.75 Å². The summed E-state index contributed by atoms with van der Waals surface area (Å²) < 4.78 is 33.4. The van der Waals surface area contributed by atoms with E-state index in [2.05, 4.69) is 12.2 Å². The van der Waals surface area contributed by atoms with Crippen LogP contribution in [0.3, 0.4) is 0 Å². The summed E-state index contributed by atoms with van der Waals surface area (Å²) in [5.74, 6) is 0.225. The summed E-state index contributed by atoms with van der Waals surface area (Å²) in [5.41, 5.74) is 1.54. The summed E-state index contributed by atoms with van der Waals surface area (Å²) in [7, 11) is -3.72. The molecule has 0 atom stereocenters. The van der Waals surface area contributed by atoms with Gasteiger partial charge in [-0.15, -0.1) is 0 Å². The largest absolute Gasteiger partial charge is 0.493 e. The molecule has 0 aliphatic rings. The lowest BCUT2D eigenvalue weighted by Gasteiger charge is -2.23. The van der Waals surface area contributed by atoms with Gasteiger partial charge in [0.25, 0.3) is 15.9 Å². The Hall–Kier alpha value is -3.32. The van der Waals surface area contributed by atoms with Gasteiger partial charge in [0.1, 0.15) is 5.75 Å². The summed E-state index contributed by atoms with van der Waals surface area (Å²) in [6.45, 7) is 4.78. The van der Waals surface area contributed by atoms with Crippen LogP contribution in [-0.4, -0.2) is 27.5 Å². The number of ether oxygens (including phenoxy) is 1. The number of para-hydroxylation sites is 2. The van der Waals surface area contributed by atoms with Gasteiger partial charge in [-0.3, -0.25) is 9.10 Å². The first-order valence-corrected chi connectivity index (χ1v) is 12.6. The topological polar surface area (TPSA) is 75.7 Å². The van der Waals surface area contributed by atoms with Crippen molar-refractivity contribution in [2.24, 2.45) is 0 Å². The number of unbranched alkanes of at least 4 members (excludes halogenated alkanes) is 2. The van der Waals surface area contributed by atoms with Gasteiger partial charge in [-0.25, -0.2) is 8.42 Å². The molecule has 0 heterocycles. The molecule has 6 nitrogen and oxygen atoms in total. The summed E-state index contributed by atoms with van der Waals surface area (Å²) >= 11 is 0. The SMILES string of the molecule is CCCCCOc1ccccc1C(=O)Nc1ccc(S(=O)(=O)N(CC)c2ccccc2)cc1. The van der Waals surface area contributed by atoms with Crippen LogP contribution in [-0.2, 0) is 10.0 Å². The van der Waals surface area contributed by atoms with E-state index in [1.54, 1.807) is 61.5 Å². The van der Waals surface area contributed by atoms with E-state index in [4.69, 9.17) is 4.74 Å². The molecule has 0 saturated carbocycles. The molecule has 3 rings (SSSR count). The van der Waals surface area contributed by atoms with Crippen LogP contribution in [0.15, 0.2) is 83.8 Å². The van der Waals surface area contributed by atoms with Gasteiger partial charge >= 0.3 is 0 Å². The molecule has 1 amide bonds. The Balaban J connectivity index is 1.73. The molecular formula is C26H30N2O4S. The number of benzene rings is 3. The van der Waals surface area contributed by atoms with E-state index in [9.17, 15) is 13.2 Å². The lowest BCUT2D eigenvalue weighted by molar-refractivity contribution is 0.102. The Kier molecular flexibility index (Phi) is 8.49. The zero-order valence-electron chi connectivity index (χ0n) is 19.0. The summed E-state index contributed by atoms with van der Waals surface area (Å²) in [6.07, 6.45) is 3.10. The molecule has 0 fully saturated rings. The van der Waals surface area contributed by atoms with Crippen LogP contribution in [0.4, 0.5) is 11.4 Å². The number of rotatable bonds is 11. The average Bonchev–Trinajstić information content (AvgIpc) is 2.83. The van der Waals surface area contributed by atoms with E-state index in [1.807, 2.05) is 12.1 Å². The first-order valence-electron chi connectivity index (χ1n) is 11.2. The second-order valence-corrected chi connectivity index (χ2v) is 9.40. The number of sulfonamides is 1. The van der Waals surface area contributed by atoms with Crippen molar-refractivity contribution in [3.63, 3.8) is 0 Å². The zero-order valence-corrected chi connectivity index (χ0v) is 19.8. The molecule has 0 bridgehead atoms. The molecule has 0 aliphatic heterocycles. The number of hydrogen-bond donors (Lipinski definition) is 1. The van der Waals surface area contributed by atoms with Crippen molar-refractivity contribution < 1.29 is 17.9 Å². The number of anilines is 2. The molecule has 0 aliphatic carbocycles. The predicted octanol–water partition coefficient (Wildman–Crippen LogP) is 5.72. The third kappa shape index (κ3) is 6.14. The lowest BCUT2D eigenvalue weighted by Crippen LogP contribution is -2.30. The van der Waals surface area contributed by atoms with Crippen molar-refractivity contribution in [2.75, 3.05) is 22.8 Å². The van der Waals surface area contributed by atoms with E-state index in [0.29, 0.717) is 35.8 Å². The van der Waals surface area contributed by atoms with Crippen LogP contribution in [0.2, 0.25) is 0 Å². The fourth-order valence-electron chi connectivity index (χ4n) is 3.44. The first kappa shape index (κ1) is 24.3. The molecule has 0 saturated heterocycles. The quantitative estimate of drug-likeness (QED) is 0.367. The Morgan fingerprint density at radius 1 is 0.879 bits per heavy atom. The van der Waals surface area contributed by atoms with Gasteiger partial charge in [0.15, 0.2) is 0 Å². The van der Waals surface area contributed by atoms with Crippen LogP contribution in [0.25, 0.3) is 0 Å². The highest BCUT2D eigenvalue weighted by Gasteiger charge is 2.23. The predicted molar refractivity (Wildman–Crippen MR) is 133 cm³/mol. The maximum Gasteiger partial charge on any atom is 0.264 e. The molecule has 3 aromatic carbocycles. The molecule has 3 aromatic rings. The van der Waals surface area contributed by atoms with Crippen molar-refractivity contribution in [1.29, 1.82) is 0 Å². The van der Waals surface area contributed by atoms with Gasteiger partial charge < -0.3 is 10.1 Å². The molecule has 174 valence electrons. The van der Waals surface area contributed by atoms with E-state index in [-0.39, 0.29) is 10.8 Å². The van der Waals surface area contributed by atoms with Gasteiger partial charge in [-0.05, 0) is 61.9 Å². The Morgan fingerprint density at radius 3 is 2.21 bits per heavy atom. The van der Waals surface area contributed by atoms with Gasteiger partial charge in [-0.2, -0.15) is 0 Å². The van der Waals surface area contributed by atoms with E-state index < -0.39 is 10.0 Å². The Bertz CT molecular complexity index is 1150. The highest BCUT2D eigenvalue weighted by atomic mass is 32.2. The molecule has 0 unspecified atom stereocenters. The van der Waals surface area contributed by atoms with Crippen LogP contribution >= 0.6 is 0 Å². The minimum atomic E-state index is -3.72. The van der Waals surface area contributed by atoms with Crippen LogP contribution in [0, 0.1) is 0 Å². The first-order chi connectivity index (χ1) is 16.0. The summed E-state index contributed by atoms with van der Waals surface area (Å²) in [4.78, 5) is 13.0. The molecule has 0 radical (unpaired) electrons. The second-order valence-electron chi connectivity index (χ2n) is 7.54. The summed E-state index contributed by atoms with van der Waals surface area (Å²) in [5, 5.41) is 2.83. The van der Waals surface area contributed by atoms with E-state index >= 15 is 0 Å². The Morgan fingerprint density at radius 2 is 1.55 bits per heavy atom. The number of carbonyl (C=O) groups excluding carboxylic acids is 1. The zero-order chi connectivity index (χ0) is 23.7. The molecule has 1 N–H and O–H groups in total. The number of nitrogens with zero attached hydrogens (tertiary/aromatic N) is 1. The number of carbonyl (C=O) groups is 1. The fourth-order valence-corrected chi connectivity index (χ4v) is 4.91. The monoisotopic (exact) mass is 466 g/mol. The van der Waals surface area contributed by atoms with Gasteiger partial charge in [0.05, 0.1) is 22.8 Å². The van der Waals surface area contributed by atoms with E-state index in [0.717, 1.165) is 19.3 Å². The van der Waals surface area contributed by atoms with Gasteiger partial charge in [-0.1, -0.05) is 50.1 Å². The average molecular weight is 467 g/mol. The molecular weight excluding hydrogens is 436 g/mol. The van der Waals surface area contributed by atoms with Crippen molar-refractivity contribution in [3.05, 3.63) is 84.4 Å². The fraction of sp³-hybridized carbons (Fsp3) is 0.269. The van der Waals surface area contributed by atoms with Crippen LogP contribution in [0.1, 0.15) is 43.5 Å². The number of amides is 1. The standard InChI is InChI=1S/C26H30N2O4S/c1-3-5-11-20-32-25-15-10-9-14-24(25)26(29)27-21-16-18-23(19-17-21)33(30,31)28(4-2)22-12-7-6-8-13-22/h6-10,12-19H,3-5,11,20H2,1-2H3,(H,27,29). The molecule has 7 heteroatoms. The normalized spacial score (nSPS) is 11.1. The minimum absolute atomic E-state index is 0.158. The third-order valence-corrected chi connectivity index (χ3v) is 7.09. The van der Waals surface area contributed by atoms with Gasteiger partial charge in [0, 0.05) is 12.2 Å². The Labute approximate surface area is 196 Å². The molecule has 0 spiro atoms. The summed E-state index contributed by atoms with van der Waals surface area (Å²) in [6, 6.07) is 22.3. The lowest BCUT2D eigenvalue weighted by atomic mass is 10.2. The second kappa shape index (κ2) is 11.5. The molecule has 33 heavy (non-hydrogen) atoms. The highest BCUT2D eigenvalue weighted by molar-refractivity contribution is 7.92. The third-order valence-electron chi connectivity index (χ3n) is 5.17.